The van der Waals surface area contributed by atoms with Gasteiger partial charge in [0.05, 0.1) is 0 Å². The Morgan fingerprint density at radius 2 is 2.14 bits per heavy atom. The summed E-state index contributed by atoms with van der Waals surface area (Å²) in [4.78, 5) is 22.5. The summed E-state index contributed by atoms with van der Waals surface area (Å²) in [7, 11) is 0. The van der Waals surface area contributed by atoms with Gasteiger partial charge in [-0.2, -0.15) is 0 Å². The van der Waals surface area contributed by atoms with Crippen LogP contribution in [-0.4, -0.2) is 21.4 Å². The molecule has 0 saturated heterocycles. The topological polar surface area (TPSA) is 59.3 Å². The van der Waals surface area contributed by atoms with Gasteiger partial charge in [-0.25, -0.2) is 0 Å². The summed E-state index contributed by atoms with van der Waals surface area (Å²) in [6.45, 7) is 0. The van der Waals surface area contributed by atoms with Gasteiger partial charge in [0, 0.05) is 42.4 Å². The Kier molecular flexibility index (Phi) is 3.78. The molecule has 1 unspecified atom stereocenters. The maximum Gasteiger partial charge on any atom is 0.303 e. The van der Waals surface area contributed by atoms with E-state index in [1.807, 2.05) is 18.2 Å². The normalized spacial score (nSPS) is 19.0. The van der Waals surface area contributed by atoms with Crippen molar-refractivity contribution in [2.75, 3.05) is 0 Å². The van der Waals surface area contributed by atoms with Crippen molar-refractivity contribution in [1.82, 2.24) is 4.57 Å². The lowest BCUT2D eigenvalue weighted by Crippen LogP contribution is -2.18. The molecule has 1 N–H and O–H groups in total. The first-order valence-corrected chi connectivity index (χ1v) is 7.47. The number of carbonyl (C=O) groups is 2. The Labute approximate surface area is 123 Å². The number of hydrogen-bond acceptors (Lipinski definition) is 2. The lowest BCUT2D eigenvalue weighted by atomic mass is 9.94. The van der Waals surface area contributed by atoms with Gasteiger partial charge in [0.2, 0.25) is 0 Å². The minimum Gasteiger partial charge on any atom is -0.481 e. The van der Waals surface area contributed by atoms with Crippen LogP contribution in [0.1, 0.15) is 43.7 Å². The molecule has 1 aliphatic rings. The highest BCUT2D eigenvalue weighted by Gasteiger charge is 2.23. The van der Waals surface area contributed by atoms with E-state index in [4.69, 9.17) is 5.11 Å². The third-order valence-corrected chi connectivity index (χ3v) is 4.28. The van der Waals surface area contributed by atoms with Crippen molar-refractivity contribution < 1.29 is 14.7 Å². The van der Waals surface area contributed by atoms with E-state index in [0.29, 0.717) is 25.0 Å². The summed E-state index contributed by atoms with van der Waals surface area (Å²) in [6.07, 6.45) is 5.97. The number of carbonyl (C=O) groups excluding carboxylic acids is 1. The lowest BCUT2D eigenvalue weighted by Gasteiger charge is -2.23. The van der Waals surface area contributed by atoms with Crippen LogP contribution >= 0.6 is 0 Å². The SMILES string of the molecule is O=C(O)CCc1cn(C2CCCC(=O)C2)c2ccccc12. The predicted octanol–water partition coefficient (Wildman–Crippen LogP) is 3.34. The molecule has 4 heteroatoms. The summed E-state index contributed by atoms with van der Waals surface area (Å²) in [5.74, 6) is -0.448. The van der Waals surface area contributed by atoms with Gasteiger partial charge in [-0.3, -0.25) is 9.59 Å². The van der Waals surface area contributed by atoms with Gasteiger partial charge >= 0.3 is 5.97 Å². The van der Waals surface area contributed by atoms with Gasteiger partial charge in [-0.1, -0.05) is 18.2 Å². The molecular weight excluding hydrogens is 266 g/mol. The highest BCUT2D eigenvalue weighted by atomic mass is 16.4. The molecule has 1 aromatic heterocycles. The zero-order valence-electron chi connectivity index (χ0n) is 11.9. The van der Waals surface area contributed by atoms with Crippen molar-refractivity contribution in [3.63, 3.8) is 0 Å². The zero-order chi connectivity index (χ0) is 14.8. The zero-order valence-corrected chi connectivity index (χ0v) is 11.9. The molecule has 1 heterocycles. The molecule has 1 atom stereocenters. The molecule has 0 aliphatic heterocycles. The minimum atomic E-state index is -0.778. The number of carboxylic acid groups (broad SMARTS) is 1. The van der Waals surface area contributed by atoms with Crippen LogP contribution in [0.5, 0.6) is 0 Å². The van der Waals surface area contributed by atoms with Crippen molar-refractivity contribution in [2.45, 2.75) is 44.6 Å². The number of benzene rings is 1. The van der Waals surface area contributed by atoms with Crippen LogP contribution < -0.4 is 0 Å². The number of hydrogen-bond donors (Lipinski definition) is 1. The van der Waals surface area contributed by atoms with E-state index in [-0.39, 0.29) is 12.5 Å². The first-order chi connectivity index (χ1) is 10.1. The standard InChI is InChI=1S/C17H19NO3/c19-14-5-3-4-13(10-14)18-11-12(8-9-17(20)21)15-6-1-2-7-16(15)18/h1-2,6-7,11,13H,3-5,8-10H2,(H,20,21). The van der Waals surface area contributed by atoms with E-state index in [9.17, 15) is 9.59 Å². The first kappa shape index (κ1) is 13.9. The molecule has 1 fully saturated rings. The van der Waals surface area contributed by atoms with Crippen molar-refractivity contribution in [1.29, 1.82) is 0 Å². The van der Waals surface area contributed by atoms with Gasteiger partial charge < -0.3 is 9.67 Å². The highest BCUT2D eigenvalue weighted by molar-refractivity contribution is 5.85. The van der Waals surface area contributed by atoms with Crippen LogP contribution in [0.25, 0.3) is 10.9 Å². The first-order valence-electron chi connectivity index (χ1n) is 7.47. The average molecular weight is 285 g/mol. The summed E-state index contributed by atoms with van der Waals surface area (Å²) < 4.78 is 2.18. The van der Waals surface area contributed by atoms with Crippen LogP contribution in [0.2, 0.25) is 0 Å². The lowest BCUT2D eigenvalue weighted by molar-refractivity contribution is -0.137. The second-order valence-corrected chi connectivity index (χ2v) is 5.76. The fourth-order valence-corrected chi connectivity index (χ4v) is 3.26. The number of carboxylic acids is 1. The molecule has 2 aromatic rings. The fourth-order valence-electron chi connectivity index (χ4n) is 3.26. The second-order valence-electron chi connectivity index (χ2n) is 5.76. The van der Waals surface area contributed by atoms with Crippen LogP contribution in [0.3, 0.4) is 0 Å². The monoisotopic (exact) mass is 285 g/mol. The molecule has 3 rings (SSSR count). The number of aromatic nitrogens is 1. The molecule has 1 saturated carbocycles. The van der Waals surface area contributed by atoms with E-state index >= 15 is 0 Å². The number of fused-ring (bicyclic) bond motifs is 1. The van der Waals surface area contributed by atoms with Gasteiger partial charge in [0.25, 0.3) is 0 Å². The Hall–Kier alpha value is -2.10. The Bertz CT molecular complexity index is 686. The maximum atomic E-state index is 11.7. The van der Waals surface area contributed by atoms with Gasteiger partial charge in [-0.15, -0.1) is 0 Å². The largest absolute Gasteiger partial charge is 0.481 e. The van der Waals surface area contributed by atoms with Crippen molar-refractivity contribution in [2.24, 2.45) is 0 Å². The fraction of sp³-hybridized carbons (Fsp3) is 0.412. The smallest absolute Gasteiger partial charge is 0.303 e. The molecule has 110 valence electrons. The van der Waals surface area contributed by atoms with Gasteiger partial charge in [0.15, 0.2) is 0 Å². The molecule has 21 heavy (non-hydrogen) atoms. The number of ketones is 1. The van der Waals surface area contributed by atoms with Crippen molar-refractivity contribution in [3.8, 4) is 0 Å². The number of nitrogens with zero attached hydrogens (tertiary/aromatic N) is 1. The van der Waals surface area contributed by atoms with Crippen LogP contribution in [0, 0.1) is 0 Å². The third kappa shape index (κ3) is 2.84. The average Bonchev–Trinajstić information content (AvgIpc) is 2.84. The Morgan fingerprint density at radius 1 is 1.33 bits per heavy atom. The number of para-hydroxylation sites is 1. The van der Waals surface area contributed by atoms with Crippen molar-refractivity contribution in [3.05, 3.63) is 36.0 Å². The maximum absolute atomic E-state index is 11.7. The number of Topliss-reactive ketones (excluding diaryl/α,β-unsaturated/α-hetero) is 1. The molecule has 1 aliphatic carbocycles. The second kappa shape index (κ2) is 5.72. The molecule has 0 radical (unpaired) electrons. The van der Waals surface area contributed by atoms with Crippen molar-refractivity contribution >= 4 is 22.7 Å². The summed E-state index contributed by atoms with van der Waals surface area (Å²) in [5.41, 5.74) is 2.17. The van der Waals surface area contributed by atoms with Crippen LogP contribution in [0.15, 0.2) is 30.5 Å². The number of rotatable bonds is 4. The minimum absolute atomic E-state index is 0.137. The Balaban J connectivity index is 1.98. The van der Waals surface area contributed by atoms with E-state index in [1.54, 1.807) is 0 Å². The Morgan fingerprint density at radius 3 is 2.90 bits per heavy atom. The van der Waals surface area contributed by atoms with Gasteiger partial charge in [-0.05, 0) is 30.9 Å². The van der Waals surface area contributed by atoms with Gasteiger partial charge in [0.1, 0.15) is 5.78 Å². The molecular formula is C17H19NO3. The number of aryl methyl sites for hydroxylation is 1. The van der Waals surface area contributed by atoms with E-state index in [0.717, 1.165) is 29.3 Å². The molecule has 0 amide bonds. The molecule has 4 nitrogen and oxygen atoms in total. The molecule has 1 aromatic carbocycles. The van der Waals surface area contributed by atoms with Crippen LogP contribution in [0.4, 0.5) is 0 Å². The summed E-state index contributed by atoms with van der Waals surface area (Å²) in [6, 6.07) is 8.27. The predicted molar refractivity (Wildman–Crippen MR) is 80.4 cm³/mol. The summed E-state index contributed by atoms with van der Waals surface area (Å²) >= 11 is 0. The van der Waals surface area contributed by atoms with Crippen LogP contribution in [-0.2, 0) is 16.0 Å². The quantitative estimate of drug-likeness (QED) is 0.937. The molecule has 0 bridgehead atoms. The van der Waals surface area contributed by atoms with E-state index in [2.05, 4.69) is 16.8 Å². The summed E-state index contributed by atoms with van der Waals surface area (Å²) in [5, 5.41) is 9.99. The van der Waals surface area contributed by atoms with E-state index in [1.165, 1.54) is 0 Å². The highest BCUT2D eigenvalue weighted by Crippen LogP contribution is 2.32. The molecule has 0 spiro atoms. The number of aliphatic carboxylic acids is 1. The third-order valence-electron chi connectivity index (χ3n) is 4.28. The van der Waals surface area contributed by atoms with E-state index < -0.39 is 5.97 Å².